The van der Waals surface area contributed by atoms with Crippen molar-refractivity contribution in [3.8, 4) is 6.07 Å². The van der Waals surface area contributed by atoms with Crippen molar-refractivity contribution in [3.05, 3.63) is 18.1 Å². The van der Waals surface area contributed by atoms with Crippen LogP contribution in [0.3, 0.4) is 0 Å². The third kappa shape index (κ3) is 3.41. The largest absolute Gasteiger partial charge is 0.469 e. The fourth-order valence-electron chi connectivity index (χ4n) is 2.31. The molecule has 0 aromatic carbocycles. The zero-order valence-electron chi connectivity index (χ0n) is 10.8. The topological polar surface area (TPSA) is 87.9 Å². The average Bonchev–Trinajstić information content (AvgIpc) is 2.48. The summed E-state index contributed by atoms with van der Waals surface area (Å²) >= 11 is 0. The molecular weight excluding hydrogens is 244 g/mol. The van der Waals surface area contributed by atoms with E-state index in [1.54, 1.807) is 6.20 Å². The molecule has 1 N–H and O–H groups in total. The van der Waals surface area contributed by atoms with E-state index in [0.717, 1.165) is 25.7 Å². The molecule has 0 unspecified atom stereocenters. The number of hydrogen-bond donors (Lipinski definition) is 1. The van der Waals surface area contributed by atoms with Crippen LogP contribution in [0, 0.1) is 17.2 Å². The van der Waals surface area contributed by atoms with E-state index in [2.05, 4.69) is 15.3 Å². The molecular formula is C13H16N4O2. The van der Waals surface area contributed by atoms with Gasteiger partial charge in [0.25, 0.3) is 0 Å². The van der Waals surface area contributed by atoms with Gasteiger partial charge in [0, 0.05) is 6.04 Å². The molecule has 19 heavy (non-hydrogen) atoms. The van der Waals surface area contributed by atoms with Gasteiger partial charge in [-0.05, 0) is 25.7 Å². The van der Waals surface area contributed by atoms with Crippen molar-refractivity contribution in [2.45, 2.75) is 31.7 Å². The Kier molecular flexibility index (Phi) is 4.29. The lowest BCUT2D eigenvalue weighted by Crippen LogP contribution is -2.30. The van der Waals surface area contributed by atoms with Gasteiger partial charge in [-0.2, -0.15) is 5.26 Å². The van der Waals surface area contributed by atoms with Crippen LogP contribution in [0.5, 0.6) is 0 Å². The first-order valence-electron chi connectivity index (χ1n) is 6.29. The quantitative estimate of drug-likeness (QED) is 0.828. The maximum Gasteiger partial charge on any atom is 0.308 e. The number of nitrogens with one attached hydrogen (secondary N) is 1. The first kappa shape index (κ1) is 13.3. The molecule has 0 saturated heterocycles. The van der Waals surface area contributed by atoms with Crippen molar-refractivity contribution in [2.75, 3.05) is 12.4 Å². The Hall–Kier alpha value is -2.16. The summed E-state index contributed by atoms with van der Waals surface area (Å²) in [5.74, 6) is 0.576. The summed E-state index contributed by atoms with van der Waals surface area (Å²) in [6.45, 7) is 0. The Labute approximate surface area is 111 Å². The molecule has 0 radical (unpaired) electrons. The Morgan fingerprint density at radius 1 is 1.37 bits per heavy atom. The number of hydrogen-bond acceptors (Lipinski definition) is 6. The molecule has 1 saturated carbocycles. The van der Waals surface area contributed by atoms with Crippen LogP contribution in [0.2, 0.25) is 0 Å². The van der Waals surface area contributed by atoms with Crippen LogP contribution in [0.25, 0.3) is 0 Å². The fourth-order valence-corrected chi connectivity index (χ4v) is 2.31. The minimum atomic E-state index is -0.114. The maximum atomic E-state index is 11.4. The summed E-state index contributed by atoms with van der Waals surface area (Å²) < 4.78 is 4.76. The average molecular weight is 260 g/mol. The van der Waals surface area contributed by atoms with Gasteiger partial charge in [0.2, 0.25) is 0 Å². The first-order chi connectivity index (χ1) is 9.22. The van der Waals surface area contributed by atoms with Gasteiger partial charge in [0.15, 0.2) is 5.69 Å². The van der Waals surface area contributed by atoms with Crippen molar-refractivity contribution in [1.29, 1.82) is 5.26 Å². The smallest absolute Gasteiger partial charge is 0.308 e. The number of aromatic nitrogens is 2. The van der Waals surface area contributed by atoms with E-state index in [4.69, 9.17) is 10.00 Å². The molecule has 0 spiro atoms. The van der Waals surface area contributed by atoms with Gasteiger partial charge in [-0.15, -0.1) is 0 Å². The minimum Gasteiger partial charge on any atom is -0.469 e. The first-order valence-corrected chi connectivity index (χ1v) is 6.29. The summed E-state index contributed by atoms with van der Waals surface area (Å²) in [6, 6.07) is 2.22. The standard InChI is InChI=1S/C13H16N4O2/c1-19-13(18)9-2-4-10(5-3-9)17-12-8-15-11(6-14)7-16-12/h7-10H,2-5H2,1H3,(H,16,17). The van der Waals surface area contributed by atoms with Gasteiger partial charge >= 0.3 is 5.97 Å². The third-order valence-electron chi connectivity index (χ3n) is 3.38. The molecule has 0 aliphatic heterocycles. The monoisotopic (exact) mass is 260 g/mol. The highest BCUT2D eigenvalue weighted by molar-refractivity contribution is 5.72. The lowest BCUT2D eigenvalue weighted by Gasteiger charge is -2.27. The second kappa shape index (κ2) is 6.14. The summed E-state index contributed by atoms with van der Waals surface area (Å²) in [4.78, 5) is 19.5. The van der Waals surface area contributed by atoms with Gasteiger partial charge in [0.1, 0.15) is 11.9 Å². The zero-order chi connectivity index (χ0) is 13.7. The van der Waals surface area contributed by atoms with E-state index in [-0.39, 0.29) is 11.9 Å². The lowest BCUT2D eigenvalue weighted by atomic mass is 9.86. The van der Waals surface area contributed by atoms with Crippen molar-refractivity contribution in [3.63, 3.8) is 0 Å². The van der Waals surface area contributed by atoms with Gasteiger partial charge in [0.05, 0.1) is 25.4 Å². The van der Waals surface area contributed by atoms with Crippen LogP contribution in [0.4, 0.5) is 5.82 Å². The number of anilines is 1. The molecule has 6 heteroatoms. The van der Waals surface area contributed by atoms with Crippen LogP contribution in [-0.4, -0.2) is 29.1 Å². The number of carbonyl (C=O) groups excluding carboxylic acids is 1. The predicted octanol–water partition coefficient (Wildman–Crippen LogP) is 1.49. The van der Waals surface area contributed by atoms with Crippen LogP contribution < -0.4 is 5.32 Å². The second-order valence-corrected chi connectivity index (χ2v) is 4.61. The fraction of sp³-hybridized carbons (Fsp3) is 0.538. The number of carbonyl (C=O) groups is 1. The summed E-state index contributed by atoms with van der Waals surface area (Å²) in [5.41, 5.74) is 0.306. The highest BCUT2D eigenvalue weighted by Crippen LogP contribution is 2.26. The van der Waals surface area contributed by atoms with E-state index in [1.807, 2.05) is 6.07 Å². The molecule has 0 atom stereocenters. The Bertz CT molecular complexity index is 472. The SMILES string of the molecule is COC(=O)C1CCC(Nc2cnc(C#N)cn2)CC1. The Balaban J connectivity index is 1.85. The van der Waals surface area contributed by atoms with E-state index >= 15 is 0 Å². The predicted molar refractivity (Wildman–Crippen MR) is 68.1 cm³/mol. The molecule has 1 aromatic heterocycles. The molecule has 1 heterocycles. The van der Waals surface area contributed by atoms with E-state index < -0.39 is 0 Å². The number of ether oxygens (including phenoxy) is 1. The zero-order valence-corrected chi connectivity index (χ0v) is 10.8. The molecule has 1 aliphatic rings. The van der Waals surface area contributed by atoms with Crippen molar-refractivity contribution >= 4 is 11.8 Å². The minimum absolute atomic E-state index is 0.0232. The van der Waals surface area contributed by atoms with Gasteiger partial charge in [-0.3, -0.25) is 4.79 Å². The third-order valence-corrected chi connectivity index (χ3v) is 3.38. The van der Waals surface area contributed by atoms with E-state index in [0.29, 0.717) is 17.6 Å². The molecule has 1 aromatic rings. The second-order valence-electron chi connectivity index (χ2n) is 4.61. The molecule has 2 rings (SSSR count). The van der Waals surface area contributed by atoms with Gasteiger partial charge < -0.3 is 10.1 Å². The lowest BCUT2D eigenvalue weighted by molar-refractivity contribution is -0.146. The van der Waals surface area contributed by atoms with Crippen LogP contribution in [0.15, 0.2) is 12.4 Å². The Morgan fingerprint density at radius 3 is 2.63 bits per heavy atom. The number of nitrogens with zero attached hydrogens (tertiary/aromatic N) is 3. The molecule has 1 aliphatic carbocycles. The molecule has 100 valence electrons. The molecule has 0 amide bonds. The number of nitriles is 1. The van der Waals surface area contributed by atoms with Crippen molar-refractivity contribution < 1.29 is 9.53 Å². The van der Waals surface area contributed by atoms with Crippen LogP contribution >= 0.6 is 0 Å². The van der Waals surface area contributed by atoms with Crippen molar-refractivity contribution in [1.82, 2.24) is 9.97 Å². The van der Waals surface area contributed by atoms with Crippen molar-refractivity contribution in [2.24, 2.45) is 5.92 Å². The number of methoxy groups -OCH3 is 1. The summed E-state index contributed by atoms with van der Waals surface area (Å²) in [5, 5.41) is 11.9. The van der Waals surface area contributed by atoms with Gasteiger partial charge in [-0.25, -0.2) is 9.97 Å². The maximum absolute atomic E-state index is 11.4. The van der Waals surface area contributed by atoms with Crippen LogP contribution in [-0.2, 0) is 9.53 Å². The molecule has 1 fully saturated rings. The summed E-state index contributed by atoms with van der Waals surface area (Å²) in [7, 11) is 1.43. The van der Waals surface area contributed by atoms with Gasteiger partial charge in [-0.1, -0.05) is 0 Å². The van der Waals surface area contributed by atoms with E-state index in [1.165, 1.54) is 13.3 Å². The highest BCUT2D eigenvalue weighted by atomic mass is 16.5. The number of esters is 1. The van der Waals surface area contributed by atoms with Crippen LogP contribution in [0.1, 0.15) is 31.4 Å². The molecule has 0 bridgehead atoms. The molecule has 6 nitrogen and oxygen atoms in total. The summed E-state index contributed by atoms with van der Waals surface area (Å²) in [6.07, 6.45) is 6.47. The normalized spacial score (nSPS) is 22.3. The Morgan fingerprint density at radius 2 is 2.11 bits per heavy atom. The van der Waals surface area contributed by atoms with E-state index in [9.17, 15) is 4.79 Å². The number of rotatable bonds is 3. The highest BCUT2D eigenvalue weighted by Gasteiger charge is 2.26.